The summed E-state index contributed by atoms with van der Waals surface area (Å²) in [5.41, 5.74) is 0.977. The summed E-state index contributed by atoms with van der Waals surface area (Å²) in [4.78, 5) is 23.1. The summed E-state index contributed by atoms with van der Waals surface area (Å²) in [6.45, 7) is 0.922. The van der Waals surface area contributed by atoms with E-state index in [2.05, 4.69) is 15.4 Å². The predicted molar refractivity (Wildman–Crippen MR) is 81.4 cm³/mol. The van der Waals surface area contributed by atoms with Crippen LogP contribution in [0.4, 0.5) is 4.79 Å². The highest BCUT2D eigenvalue weighted by Crippen LogP contribution is 2.43. The topological polar surface area (TPSA) is 85.9 Å². The van der Waals surface area contributed by atoms with Crippen molar-refractivity contribution in [1.29, 1.82) is 0 Å². The fraction of sp³-hybridized carbons (Fsp3) is 0.500. The van der Waals surface area contributed by atoms with Gasteiger partial charge in [0.2, 0.25) is 0 Å². The van der Waals surface area contributed by atoms with Gasteiger partial charge < -0.3 is 24.8 Å². The molecule has 1 aliphatic carbocycles. The van der Waals surface area contributed by atoms with Gasteiger partial charge in [-0.3, -0.25) is 4.79 Å². The van der Waals surface area contributed by atoms with Gasteiger partial charge in [0, 0.05) is 0 Å². The van der Waals surface area contributed by atoms with Crippen LogP contribution in [0.25, 0.3) is 0 Å². The SMILES string of the molecule is COC(=O)CNC(=O)N[C@H](c1ccc2c(c1)OCCO2)C1CC1. The Morgan fingerprint density at radius 1 is 1.26 bits per heavy atom. The van der Waals surface area contributed by atoms with Gasteiger partial charge in [-0.2, -0.15) is 0 Å². The number of hydrogen-bond acceptors (Lipinski definition) is 5. The third kappa shape index (κ3) is 3.85. The fourth-order valence-electron chi connectivity index (χ4n) is 2.57. The minimum absolute atomic E-state index is 0.108. The van der Waals surface area contributed by atoms with Gasteiger partial charge in [0.15, 0.2) is 11.5 Å². The van der Waals surface area contributed by atoms with E-state index in [1.54, 1.807) is 0 Å². The van der Waals surface area contributed by atoms with Crippen molar-refractivity contribution < 1.29 is 23.8 Å². The number of methoxy groups -OCH3 is 1. The van der Waals surface area contributed by atoms with Crippen molar-refractivity contribution in [3.8, 4) is 11.5 Å². The van der Waals surface area contributed by atoms with Gasteiger partial charge in [-0.15, -0.1) is 0 Å². The van der Waals surface area contributed by atoms with E-state index in [1.807, 2.05) is 18.2 Å². The standard InChI is InChI=1S/C16H20N2O5/c1-21-14(19)9-17-16(20)18-15(10-2-3-10)11-4-5-12-13(8-11)23-7-6-22-12/h4-5,8,10,15H,2-3,6-7,9H2,1H3,(H2,17,18,20)/t15-/m0/s1. The number of nitrogens with one attached hydrogen (secondary N) is 2. The molecular weight excluding hydrogens is 300 g/mol. The number of esters is 1. The summed E-state index contributed by atoms with van der Waals surface area (Å²) in [7, 11) is 1.28. The Labute approximate surface area is 134 Å². The van der Waals surface area contributed by atoms with E-state index in [1.165, 1.54) is 7.11 Å². The predicted octanol–water partition coefficient (Wildman–Crippen LogP) is 1.38. The number of amides is 2. The minimum atomic E-state index is -0.484. The van der Waals surface area contributed by atoms with Gasteiger partial charge >= 0.3 is 12.0 Å². The Kier molecular flexibility index (Phi) is 4.55. The Morgan fingerprint density at radius 2 is 2.00 bits per heavy atom. The van der Waals surface area contributed by atoms with Crippen LogP contribution in [-0.4, -0.2) is 38.9 Å². The Morgan fingerprint density at radius 3 is 2.70 bits per heavy atom. The normalized spacial score (nSPS) is 17.1. The van der Waals surface area contributed by atoms with Crippen LogP contribution in [-0.2, 0) is 9.53 Å². The molecule has 2 amide bonds. The van der Waals surface area contributed by atoms with Crippen LogP contribution < -0.4 is 20.1 Å². The lowest BCUT2D eigenvalue weighted by Gasteiger charge is -2.23. The third-order valence-corrected chi connectivity index (χ3v) is 3.93. The maximum Gasteiger partial charge on any atom is 0.325 e. The first-order chi connectivity index (χ1) is 11.2. The van der Waals surface area contributed by atoms with Gasteiger partial charge in [0.05, 0.1) is 13.2 Å². The second-order valence-electron chi connectivity index (χ2n) is 5.62. The summed E-state index contributed by atoms with van der Waals surface area (Å²) >= 11 is 0. The van der Waals surface area contributed by atoms with Crippen molar-refractivity contribution in [3.63, 3.8) is 0 Å². The first kappa shape index (κ1) is 15.5. The summed E-state index contributed by atoms with van der Waals surface area (Å²) in [6, 6.07) is 5.23. The van der Waals surface area contributed by atoms with Crippen LogP contribution in [0.3, 0.4) is 0 Å². The monoisotopic (exact) mass is 320 g/mol. The molecule has 0 bridgehead atoms. The van der Waals surface area contributed by atoms with E-state index >= 15 is 0 Å². The molecule has 1 heterocycles. The second kappa shape index (κ2) is 6.76. The molecule has 2 aliphatic rings. The van der Waals surface area contributed by atoms with Crippen LogP contribution in [0, 0.1) is 5.92 Å². The largest absolute Gasteiger partial charge is 0.486 e. The highest BCUT2D eigenvalue weighted by atomic mass is 16.6. The number of carbonyl (C=O) groups excluding carboxylic acids is 2. The van der Waals surface area contributed by atoms with Crippen molar-refractivity contribution in [1.82, 2.24) is 10.6 Å². The fourth-order valence-corrected chi connectivity index (χ4v) is 2.57. The van der Waals surface area contributed by atoms with Crippen molar-refractivity contribution in [2.24, 2.45) is 5.92 Å². The van der Waals surface area contributed by atoms with E-state index in [0.717, 1.165) is 24.2 Å². The summed E-state index contributed by atoms with van der Waals surface area (Å²) < 4.78 is 15.6. The van der Waals surface area contributed by atoms with Crippen molar-refractivity contribution in [2.45, 2.75) is 18.9 Å². The van der Waals surface area contributed by atoms with E-state index < -0.39 is 5.97 Å². The molecule has 1 atom stereocenters. The molecule has 23 heavy (non-hydrogen) atoms. The van der Waals surface area contributed by atoms with E-state index in [4.69, 9.17) is 9.47 Å². The number of benzene rings is 1. The molecular formula is C16H20N2O5. The summed E-state index contributed by atoms with van der Waals surface area (Å²) in [5.74, 6) is 1.35. The first-order valence-corrected chi connectivity index (χ1v) is 7.68. The number of fused-ring (bicyclic) bond motifs is 1. The molecule has 1 fully saturated rings. The molecule has 1 aromatic rings. The number of carbonyl (C=O) groups is 2. The van der Waals surface area contributed by atoms with E-state index in [9.17, 15) is 9.59 Å². The molecule has 2 N–H and O–H groups in total. The maximum absolute atomic E-state index is 12.0. The summed E-state index contributed by atoms with van der Waals surface area (Å²) in [5, 5.41) is 5.43. The number of urea groups is 1. The minimum Gasteiger partial charge on any atom is -0.486 e. The number of ether oxygens (including phenoxy) is 3. The molecule has 7 heteroatoms. The van der Waals surface area contributed by atoms with Crippen LogP contribution in [0.1, 0.15) is 24.4 Å². The van der Waals surface area contributed by atoms with Crippen LogP contribution in [0.2, 0.25) is 0 Å². The quantitative estimate of drug-likeness (QED) is 0.801. The smallest absolute Gasteiger partial charge is 0.325 e. The van der Waals surface area contributed by atoms with Gasteiger partial charge in [0.25, 0.3) is 0 Å². The highest BCUT2D eigenvalue weighted by Gasteiger charge is 2.34. The zero-order valence-corrected chi connectivity index (χ0v) is 13.0. The lowest BCUT2D eigenvalue weighted by atomic mass is 10.0. The molecule has 0 radical (unpaired) electrons. The lowest BCUT2D eigenvalue weighted by Crippen LogP contribution is -2.41. The average molecular weight is 320 g/mol. The second-order valence-corrected chi connectivity index (χ2v) is 5.62. The average Bonchev–Trinajstić information content (AvgIpc) is 3.42. The molecule has 0 spiro atoms. The molecule has 7 nitrogen and oxygen atoms in total. The van der Waals surface area contributed by atoms with Crippen molar-refractivity contribution >= 4 is 12.0 Å². The molecule has 3 rings (SSSR count). The molecule has 0 saturated heterocycles. The molecule has 1 aromatic carbocycles. The molecule has 1 aliphatic heterocycles. The van der Waals surface area contributed by atoms with Gasteiger partial charge in [-0.05, 0) is 36.5 Å². The maximum atomic E-state index is 12.0. The number of rotatable bonds is 5. The Bertz CT molecular complexity index is 600. The first-order valence-electron chi connectivity index (χ1n) is 7.68. The Balaban J connectivity index is 1.67. The van der Waals surface area contributed by atoms with Crippen LogP contribution in [0.5, 0.6) is 11.5 Å². The van der Waals surface area contributed by atoms with Crippen molar-refractivity contribution in [2.75, 3.05) is 26.9 Å². The number of hydrogen-bond donors (Lipinski definition) is 2. The van der Waals surface area contributed by atoms with Crippen LogP contribution >= 0.6 is 0 Å². The zero-order valence-electron chi connectivity index (χ0n) is 13.0. The molecule has 124 valence electrons. The third-order valence-electron chi connectivity index (χ3n) is 3.93. The molecule has 0 aromatic heterocycles. The Hall–Kier alpha value is -2.44. The van der Waals surface area contributed by atoms with E-state index in [0.29, 0.717) is 24.9 Å². The van der Waals surface area contributed by atoms with Crippen LogP contribution in [0.15, 0.2) is 18.2 Å². The lowest BCUT2D eigenvalue weighted by molar-refractivity contribution is -0.139. The van der Waals surface area contributed by atoms with Crippen molar-refractivity contribution in [3.05, 3.63) is 23.8 Å². The van der Waals surface area contributed by atoms with Gasteiger partial charge in [-0.25, -0.2) is 4.79 Å². The van der Waals surface area contributed by atoms with Gasteiger partial charge in [0.1, 0.15) is 19.8 Å². The highest BCUT2D eigenvalue weighted by molar-refractivity contribution is 5.81. The van der Waals surface area contributed by atoms with E-state index in [-0.39, 0.29) is 18.6 Å². The zero-order chi connectivity index (χ0) is 16.2. The molecule has 0 unspecified atom stereocenters. The summed E-state index contributed by atoms with van der Waals surface area (Å²) in [6.07, 6.45) is 2.13. The van der Waals surface area contributed by atoms with Gasteiger partial charge in [-0.1, -0.05) is 6.07 Å². The molecule has 1 saturated carbocycles.